The Hall–Kier alpha value is -2.51. The molecule has 142 valence electrons. The second-order valence-corrected chi connectivity index (χ2v) is 9.16. The zero-order valence-electron chi connectivity index (χ0n) is 16.0. The predicted molar refractivity (Wildman–Crippen MR) is 113 cm³/mol. The van der Waals surface area contributed by atoms with E-state index in [0.29, 0.717) is 5.56 Å². The number of amides is 1. The normalized spacial score (nSPS) is 16.5. The molecule has 0 aliphatic carbocycles. The van der Waals surface area contributed by atoms with Gasteiger partial charge < -0.3 is 4.90 Å². The maximum absolute atomic E-state index is 13.8. The second-order valence-electron chi connectivity index (χ2n) is 7.18. The predicted octanol–water partition coefficient (Wildman–Crippen LogP) is 4.50. The van der Waals surface area contributed by atoms with Gasteiger partial charge in [-0.05, 0) is 54.8 Å². The van der Waals surface area contributed by atoms with Gasteiger partial charge in [0.1, 0.15) is 0 Å². The van der Waals surface area contributed by atoms with Crippen LogP contribution < -0.4 is 0 Å². The summed E-state index contributed by atoms with van der Waals surface area (Å²) in [6.07, 6.45) is 0.903. The van der Waals surface area contributed by atoms with Crippen molar-refractivity contribution in [3.63, 3.8) is 0 Å². The minimum Gasteiger partial charge on any atom is -0.326 e. The Labute approximate surface area is 171 Å². The Balaban J connectivity index is 1.67. The lowest BCUT2D eigenvalue weighted by Gasteiger charge is -2.35. The summed E-state index contributed by atoms with van der Waals surface area (Å²) in [5.74, 6) is 0.0573. The average molecular weight is 409 g/mol. The molecule has 0 N–H and O–H groups in total. The highest BCUT2D eigenvalue weighted by Crippen LogP contribution is 2.40. The van der Waals surface area contributed by atoms with Crippen molar-refractivity contribution in [1.82, 2.24) is 19.7 Å². The molecule has 4 aromatic heterocycles. The maximum Gasteiger partial charge on any atom is 0.255 e. The Morgan fingerprint density at radius 2 is 2.07 bits per heavy atom. The molecule has 4 aromatic rings. The maximum atomic E-state index is 13.8. The first-order chi connectivity index (χ1) is 13.5. The summed E-state index contributed by atoms with van der Waals surface area (Å²) < 4.78 is 1.76. The van der Waals surface area contributed by atoms with Gasteiger partial charge in [0.15, 0.2) is 5.65 Å². The molecule has 0 aromatic carbocycles. The van der Waals surface area contributed by atoms with E-state index < -0.39 is 0 Å². The van der Waals surface area contributed by atoms with E-state index in [1.54, 1.807) is 27.4 Å². The van der Waals surface area contributed by atoms with Crippen molar-refractivity contribution >= 4 is 39.6 Å². The van der Waals surface area contributed by atoms with Crippen molar-refractivity contribution in [2.24, 2.45) is 7.05 Å². The third-order valence-electron chi connectivity index (χ3n) is 5.37. The highest BCUT2D eigenvalue weighted by atomic mass is 32.1. The van der Waals surface area contributed by atoms with Crippen LogP contribution in [0.5, 0.6) is 0 Å². The monoisotopic (exact) mass is 408 g/mol. The highest BCUT2D eigenvalue weighted by Gasteiger charge is 2.35. The first kappa shape index (κ1) is 17.6. The van der Waals surface area contributed by atoms with Gasteiger partial charge in [0.25, 0.3) is 5.91 Å². The molecule has 1 aliphatic rings. The molecule has 1 aliphatic heterocycles. The van der Waals surface area contributed by atoms with E-state index in [2.05, 4.69) is 39.0 Å². The van der Waals surface area contributed by atoms with Crippen LogP contribution in [-0.4, -0.2) is 32.1 Å². The molecule has 5 nitrogen and oxygen atoms in total. The third kappa shape index (κ3) is 2.61. The van der Waals surface area contributed by atoms with E-state index >= 15 is 0 Å². The number of hydrogen-bond acceptors (Lipinski definition) is 5. The molecule has 0 spiro atoms. The number of fused-ring (bicyclic) bond motifs is 2. The summed E-state index contributed by atoms with van der Waals surface area (Å²) in [4.78, 5) is 23.1. The van der Waals surface area contributed by atoms with Crippen LogP contribution in [0.4, 0.5) is 0 Å². The second kappa shape index (κ2) is 6.53. The quantitative estimate of drug-likeness (QED) is 0.491. The molecule has 0 bridgehead atoms. The number of pyridine rings is 1. The molecule has 0 radical (unpaired) electrons. The van der Waals surface area contributed by atoms with Crippen LogP contribution in [0, 0.1) is 13.8 Å². The van der Waals surface area contributed by atoms with Gasteiger partial charge in [-0.3, -0.25) is 9.48 Å². The summed E-state index contributed by atoms with van der Waals surface area (Å²) in [7, 11) is 1.88. The number of aromatic nitrogens is 3. The molecule has 0 saturated heterocycles. The molecule has 5 heterocycles. The van der Waals surface area contributed by atoms with Crippen molar-refractivity contribution in [2.75, 3.05) is 6.54 Å². The SMILES string of the molecule is Cc1cc(C(=O)N2CCc3sccc3[C@@H]2c2cccs2)c2c(C)nn(C)c2n1. The van der Waals surface area contributed by atoms with Gasteiger partial charge in [0.2, 0.25) is 0 Å². The summed E-state index contributed by atoms with van der Waals surface area (Å²) in [6, 6.07) is 8.25. The minimum absolute atomic E-state index is 0.0250. The number of hydrogen-bond donors (Lipinski definition) is 0. The van der Waals surface area contributed by atoms with Crippen molar-refractivity contribution in [3.05, 3.63) is 67.3 Å². The fourth-order valence-corrected chi connectivity index (χ4v) is 5.94. The molecule has 28 heavy (non-hydrogen) atoms. The smallest absolute Gasteiger partial charge is 0.255 e. The van der Waals surface area contributed by atoms with Crippen LogP contribution in [0.15, 0.2) is 35.0 Å². The Morgan fingerprint density at radius 3 is 2.86 bits per heavy atom. The topological polar surface area (TPSA) is 51.0 Å². The summed E-state index contributed by atoms with van der Waals surface area (Å²) >= 11 is 3.50. The number of carbonyl (C=O) groups is 1. The molecule has 0 saturated carbocycles. The van der Waals surface area contributed by atoms with E-state index in [1.165, 1.54) is 15.3 Å². The number of rotatable bonds is 2. The Bertz CT molecular complexity index is 1190. The van der Waals surface area contributed by atoms with Crippen molar-refractivity contribution in [1.29, 1.82) is 0 Å². The number of thiophene rings is 2. The third-order valence-corrected chi connectivity index (χ3v) is 7.29. The van der Waals surface area contributed by atoms with Crippen molar-refractivity contribution < 1.29 is 4.79 Å². The first-order valence-corrected chi connectivity index (χ1v) is 11.0. The van der Waals surface area contributed by atoms with Gasteiger partial charge in [-0.15, -0.1) is 22.7 Å². The van der Waals surface area contributed by atoms with Crippen LogP contribution in [0.3, 0.4) is 0 Å². The molecular weight excluding hydrogens is 388 g/mol. The Kier molecular flexibility index (Phi) is 4.10. The van der Waals surface area contributed by atoms with E-state index in [0.717, 1.165) is 35.4 Å². The largest absolute Gasteiger partial charge is 0.326 e. The molecule has 0 fully saturated rings. The molecular formula is C21H20N4OS2. The van der Waals surface area contributed by atoms with Crippen LogP contribution in [0.1, 0.15) is 43.1 Å². The lowest BCUT2D eigenvalue weighted by atomic mass is 9.96. The van der Waals surface area contributed by atoms with E-state index in [1.807, 2.05) is 31.9 Å². The van der Waals surface area contributed by atoms with E-state index in [9.17, 15) is 4.79 Å². The number of aryl methyl sites for hydroxylation is 3. The minimum atomic E-state index is -0.0250. The van der Waals surface area contributed by atoms with Crippen LogP contribution in [0.2, 0.25) is 0 Å². The van der Waals surface area contributed by atoms with E-state index in [-0.39, 0.29) is 11.9 Å². The van der Waals surface area contributed by atoms with Crippen molar-refractivity contribution in [3.8, 4) is 0 Å². The molecule has 5 rings (SSSR count). The lowest BCUT2D eigenvalue weighted by molar-refractivity contribution is 0.0700. The molecule has 1 atom stereocenters. The zero-order valence-corrected chi connectivity index (χ0v) is 17.6. The fraction of sp³-hybridized carbons (Fsp3) is 0.286. The number of nitrogens with zero attached hydrogens (tertiary/aromatic N) is 4. The highest BCUT2D eigenvalue weighted by molar-refractivity contribution is 7.10. The van der Waals surface area contributed by atoms with Crippen LogP contribution >= 0.6 is 22.7 Å². The fourth-order valence-electron chi connectivity index (χ4n) is 4.18. The lowest BCUT2D eigenvalue weighted by Crippen LogP contribution is -2.40. The zero-order chi connectivity index (χ0) is 19.4. The Morgan fingerprint density at radius 1 is 1.21 bits per heavy atom. The average Bonchev–Trinajstić information content (AvgIpc) is 3.41. The standard InChI is InChI=1S/C21H20N4OS2/c1-12-11-15(18-13(2)23-24(3)20(18)22-12)21(26)25-8-6-16-14(7-10-28-16)19(25)17-5-4-9-27-17/h4-5,7,9-11,19H,6,8H2,1-3H3/t19-/m1/s1. The van der Waals surface area contributed by atoms with E-state index in [4.69, 9.17) is 0 Å². The van der Waals surface area contributed by atoms with Crippen molar-refractivity contribution in [2.45, 2.75) is 26.3 Å². The van der Waals surface area contributed by atoms with Gasteiger partial charge in [0, 0.05) is 29.0 Å². The van der Waals surface area contributed by atoms with Gasteiger partial charge in [-0.2, -0.15) is 5.10 Å². The van der Waals surface area contributed by atoms with Gasteiger partial charge >= 0.3 is 0 Å². The number of carbonyl (C=O) groups excluding carboxylic acids is 1. The molecule has 7 heteroatoms. The van der Waals surface area contributed by atoms with Gasteiger partial charge in [-0.1, -0.05) is 6.07 Å². The first-order valence-electron chi connectivity index (χ1n) is 9.26. The molecule has 0 unspecified atom stereocenters. The van der Waals surface area contributed by atoms with Crippen LogP contribution in [0.25, 0.3) is 11.0 Å². The summed E-state index contributed by atoms with van der Waals surface area (Å²) in [5.41, 5.74) is 4.40. The molecule has 1 amide bonds. The van der Waals surface area contributed by atoms with Gasteiger partial charge in [0.05, 0.1) is 22.7 Å². The van der Waals surface area contributed by atoms with Crippen LogP contribution in [-0.2, 0) is 13.5 Å². The summed E-state index contributed by atoms with van der Waals surface area (Å²) in [6.45, 7) is 4.60. The summed E-state index contributed by atoms with van der Waals surface area (Å²) in [5, 5.41) is 9.58. The van der Waals surface area contributed by atoms with Gasteiger partial charge in [-0.25, -0.2) is 4.98 Å².